The smallest absolute Gasteiger partial charge is 0.337 e. The molecule has 7 heteroatoms. The lowest BCUT2D eigenvalue weighted by Gasteiger charge is -2.13. The SMILES string of the molecule is COC(=O)c1ccc(Cn2c(C)c(C)c3nccc(OCc4ccc5c(c4)OCO5)c32)cc1. The van der Waals surface area contributed by atoms with Crippen molar-refractivity contribution in [3.05, 3.63) is 82.7 Å². The summed E-state index contributed by atoms with van der Waals surface area (Å²) in [6.07, 6.45) is 1.78. The molecule has 168 valence electrons. The van der Waals surface area contributed by atoms with E-state index >= 15 is 0 Å². The fourth-order valence-corrected chi connectivity index (χ4v) is 4.07. The number of pyridine rings is 1. The minimum absolute atomic E-state index is 0.247. The molecule has 0 radical (unpaired) electrons. The van der Waals surface area contributed by atoms with E-state index in [0.29, 0.717) is 18.7 Å². The summed E-state index contributed by atoms with van der Waals surface area (Å²) in [5.41, 5.74) is 6.69. The van der Waals surface area contributed by atoms with Crippen LogP contribution in [0.4, 0.5) is 0 Å². The highest BCUT2D eigenvalue weighted by Gasteiger charge is 2.18. The molecule has 0 bridgehead atoms. The number of aromatic nitrogens is 2. The molecule has 2 aromatic carbocycles. The van der Waals surface area contributed by atoms with Crippen LogP contribution < -0.4 is 14.2 Å². The predicted molar refractivity (Wildman–Crippen MR) is 123 cm³/mol. The summed E-state index contributed by atoms with van der Waals surface area (Å²) in [4.78, 5) is 16.4. The van der Waals surface area contributed by atoms with Gasteiger partial charge in [-0.3, -0.25) is 4.98 Å². The highest BCUT2D eigenvalue weighted by atomic mass is 16.7. The molecule has 0 spiro atoms. The van der Waals surface area contributed by atoms with Crippen molar-refractivity contribution in [2.75, 3.05) is 13.9 Å². The third-order valence-corrected chi connectivity index (χ3v) is 6.01. The Kier molecular flexibility index (Phi) is 5.38. The summed E-state index contributed by atoms with van der Waals surface area (Å²) in [5.74, 6) is 1.91. The van der Waals surface area contributed by atoms with Gasteiger partial charge in [0.1, 0.15) is 17.9 Å². The topological polar surface area (TPSA) is 71.8 Å². The van der Waals surface area contributed by atoms with Gasteiger partial charge >= 0.3 is 5.97 Å². The maximum atomic E-state index is 11.7. The normalized spacial score (nSPS) is 12.2. The average Bonchev–Trinajstić information content (AvgIpc) is 3.41. The summed E-state index contributed by atoms with van der Waals surface area (Å²) in [6.45, 7) is 5.43. The van der Waals surface area contributed by atoms with Crippen molar-refractivity contribution in [3.8, 4) is 17.2 Å². The van der Waals surface area contributed by atoms with Crippen LogP contribution in [-0.2, 0) is 17.9 Å². The number of carbonyl (C=O) groups excluding carboxylic acids is 1. The van der Waals surface area contributed by atoms with E-state index in [9.17, 15) is 4.79 Å². The van der Waals surface area contributed by atoms with E-state index in [1.54, 1.807) is 18.3 Å². The molecule has 1 aliphatic rings. The minimum Gasteiger partial charge on any atom is -0.487 e. The molecule has 0 fully saturated rings. The van der Waals surface area contributed by atoms with Crippen molar-refractivity contribution >= 4 is 17.0 Å². The predicted octanol–water partition coefficient (Wildman–Crippen LogP) is 4.80. The highest BCUT2D eigenvalue weighted by Crippen LogP contribution is 2.34. The molecule has 7 nitrogen and oxygen atoms in total. The number of hydrogen-bond donors (Lipinski definition) is 0. The number of ether oxygens (including phenoxy) is 4. The van der Waals surface area contributed by atoms with Crippen LogP contribution in [0.3, 0.4) is 0 Å². The zero-order valence-electron chi connectivity index (χ0n) is 18.8. The average molecular weight is 444 g/mol. The molecule has 0 amide bonds. The number of rotatable bonds is 6. The fraction of sp³-hybridized carbons (Fsp3) is 0.231. The number of aryl methyl sites for hydroxylation is 1. The first-order chi connectivity index (χ1) is 16.0. The van der Waals surface area contributed by atoms with Crippen LogP contribution in [-0.4, -0.2) is 29.4 Å². The van der Waals surface area contributed by atoms with Gasteiger partial charge in [0.2, 0.25) is 6.79 Å². The van der Waals surface area contributed by atoms with E-state index in [1.165, 1.54) is 7.11 Å². The molecule has 3 heterocycles. The summed E-state index contributed by atoms with van der Waals surface area (Å²) < 4.78 is 24.1. The van der Waals surface area contributed by atoms with Crippen molar-refractivity contribution in [2.45, 2.75) is 27.0 Å². The van der Waals surface area contributed by atoms with Gasteiger partial charge in [0.15, 0.2) is 11.5 Å². The zero-order valence-corrected chi connectivity index (χ0v) is 18.8. The Morgan fingerprint density at radius 3 is 2.58 bits per heavy atom. The Hall–Kier alpha value is -4.00. The number of hydrogen-bond acceptors (Lipinski definition) is 6. The molecular formula is C26H24N2O5. The second-order valence-electron chi connectivity index (χ2n) is 7.97. The quantitative estimate of drug-likeness (QED) is 0.398. The molecule has 2 aromatic heterocycles. The monoisotopic (exact) mass is 444 g/mol. The summed E-state index contributed by atoms with van der Waals surface area (Å²) in [7, 11) is 1.38. The maximum absolute atomic E-state index is 11.7. The lowest BCUT2D eigenvalue weighted by molar-refractivity contribution is 0.0600. The van der Waals surface area contributed by atoms with E-state index in [4.69, 9.17) is 18.9 Å². The lowest BCUT2D eigenvalue weighted by Crippen LogP contribution is -2.05. The number of nitrogens with zero attached hydrogens (tertiary/aromatic N) is 2. The Morgan fingerprint density at radius 1 is 1.03 bits per heavy atom. The number of methoxy groups -OCH3 is 1. The Morgan fingerprint density at radius 2 is 1.79 bits per heavy atom. The Labute approximate surface area is 191 Å². The first-order valence-electron chi connectivity index (χ1n) is 10.7. The van der Waals surface area contributed by atoms with Crippen molar-refractivity contribution in [1.29, 1.82) is 0 Å². The molecule has 0 saturated carbocycles. The number of benzene rings is 2. The van der Waals surface area contributed by atoms with Gasteiger partial charge in [-0.05, 0) is 54.8 Å². The van der Waals surface area contributed by atoms with Gasteiger partial charge in [0, 0.05) is 24.5 Å². The summed E-state index contributed by atoms with van der Waals surface area (Å²) in [6, 6.07) is 15.2. The van der Waals surface area contributed by atoms with Crippen LogP contribution in [0.5, 0.6) is 17.2 Å². The van der Waals surface area contributed by atoms with Crippen LogP contribution in [0.1, 0.15) is 32.7 Å². The number of fused-ring (bicyclic) bond motifs is 2. The van der Waals surface area contributed by atoms with Gasteiger partial charge in [-0.1, -0.05) is 18.2 Å². The minimum atomic E-state index is -0.344. The van der Waals surface area contributed by atoms with E-state index in [1.807, 2.05) is 36.4 Å². The van der Waals surface area contributed by atoms with Crippen LogP contribution in [0, 0.1) is 13.8 Å². The third kappa shape index (κ3) is 3.86. The van der Waals surface area contributed by atoms with Crippen molar-refractivity contribution in [1.82, 2.24) is 9.55 Å². The van der Waals surface area contributed by atoms with E-state index < -0.39 is 0 Å². The highest BCUT2D eigenvalue weighted by molar-refractivity contribution is 5.89. The van der Waals surface area contributed by atoms with Crippen LogP contribution in [0.25, 0.3) is 11.0 Å². The fourth-order valence-electron chi connectivity index (χ4n) is 4.07. The first kappa shape index (κ1) is 20.9. The van der Waals surface area contributed by atoms with E-state index in [0.717, 1.165) is 50.7 Å². The number of carbonyl (C=O) groups is 1. The molecule has 0 saturated heterocycles. The van der Waals surface area contributed by atoms with Gasteiger partial charge in [0.05, 0.1) is 18.2 Å². The van der Waals surface area contributed by atoms with Crippen molar-refractivity contribution < 1.29 is 23.7 Å². The molecule has 0 unspecified atom stereocenters. The van der Waals surface area contributed by atoms with Gasteiger partial charge in [-0.2, -0.15) is 0 Å². The lowest BCUT2D eigenvalue weighted by atomic mass is 10.1. The van der Waals surface area contributed by atoms with Crippen LogP contribution in [0.15, 0.2) is 54.7 Å². The molecule has 4 aromatic rings. The molecule has 0 atom stereocenters. The standard InChI is InChI=1S/C26H24N2O5/c1-16-17(2)28(13-18-4-7-20(8-5-18)26(29)30-3)25-22(10-11-27-24(16)25)31-14-19-6-9-21-23(12-19)33-15-32-21/h4-12H,13-15H2,1-3H3. The maximum Gasteiger partial charge on any atom is 0.337 e. The largest absolute Gasteiger partial charge is 0.487 e. The third-order valence-electron chi connectivity index (χ3n) is 6.01. The Balaban J connectivity index is 1.45. The van der Waals surface area contributed by atoms with Crippen LogP contribution >= 0.6 is 0 Å². The van der Waals surface area contributed by atoms with Crippen LogP contribution in [0.2, 0.25) is 0 Å². The number of esters is 1. The molecule has 1 aliphatic heterocycles. The van der Waals surface area contributed by atoms with E-state index in [-0.39, 0.29) is 12.8 Å². The van der Waals surface area contributed by atoms with Gasteiger partial charge in [-0.25, -0.2) is 4.79 Å². The zero-order chi connectivity index (χ0) is 22.9. The van der Waals surface area contributed by atoms with E-state index in [2.05, 4.69) is 23.4 Å². The molecule has 5 rings (SSSR count). The molecular weight excluding hydrogens is 420 g/mol. The second-order valence-corrected chi connectivity index (χ2v) is 7.97. The summed E-state index contributed by atoms with van der Waals surface area (Å²) >= 11 is 0. The van der Waals surface area contributed by atoms with Gasteiger partial charge in [0.25, 0.3) is 0 Å². The second kappa shape index (κ2) is 8.50. The van der Waals surface area contributed by atoms with Gasteiger partial charge in [-0.15, -0.1) is 0 Å². The molecule has 33 heavy (non-hydrogen) atoms. The van der Waals surface area contributed by atoms with Gasteiger partial charge < -0.3 is 23.5 Å². The van der Waals surface area contributed by atoms with Crippen molar-refractivity contribution in [3.63, 3.8) is 0 Å². The molecule has 0 aliphatic carbocycles. The Bertz CT molecular complexity index is 1340. The first-order valence-corrected chi connectivity index (χ1v) is 10.7. The van der Waals surface area contributed by atoms with Crippen molar-refractivity contribution in [2.24, 2.45) is 0 Å². The summed E-state index contributed by atoms with van der Waals surface area (Å²) in [5, 5.41) is 0. The molecule has 0 N–H and O–H groups in total.